The molecule has 3 aromatic rings. The first kappa shape index (κ1) is 17.1. The summed E-state index contributed by atoms with van der Waals surface area (Å²) in [5.74, 6) is 1.05. The first-order chi connectivity index (χ1) is 13.6. The summed E-state index contributed by atoms with van der Waals surface area (Å²) in [4.78, 5) is 5.91. The van der Waals surface area contributed by atoms with Crippen molar-refractivity contribution in [1.82, 2.24) is 25.1 Å². The van der Waals surface area contributed by atoms with Gasteiger partial charge in [0.1, 0.15) is 11.9 Å². The highest BCUT2D eigenvalue weighted by Crippen LogP contribution is 2.38. The maximum Gasteiger partial charge on any atom is 0.151 e. The van der Waals surface area contributed by atoms with E-state index in [1.807, 2.05) is 40.9 Å². The Labute approximate surface area is 161 Å². The number of benzene rings is 1. The Kier molecular flexibility index (Phi) is 4.01. The van der Waals surface area contributed by atoms with Crippen LogP contribution in [-0.2, 0) is 0 Å². The van der Waals surface area contributed by atoms with Gasteiger partial charge < -0.3 is 19.9 Å². The molecule has 2 N–H and O–H groups in total. The van der Waals surface area contributed by atoms with E-state index < -0.39 is 6.17 Å². The summed E-state index contributed by atoms with van der Waals surface area (Å²) < 4.78 is 16.4. The molecule has 1 aromatic carbocycles. The van der Waals surface area contributed by atoms with Crippen molar-refractivity contribution < 1.29 is 9.50 Å². The normalized spacial score (nSPS) is 25.9. The molecule has 1 saturated heterocycles. The lowest BCUT2D eigenvalue weighted by molar-refractivity contribution is 0.220. The SMILES string of the molecule is CN(c1ccc(-c2ccc(-n3ccnc3)cc2O)nn1)[C@@H]1[C@H]2CN[C@H](C2)[C@H]1F. The topological polar surface area (TPSA) is 79.1 Å². The van der Waals surface area contributed by atoms with Crippen LogP contribution in [0.5, 0.6) is 5.75 Å². The van der Waals surface area contributed by atoms with Crippen molar-refractivity contribution in [2.24, 2.45) is 5.92 Å². The molecule has 2 aliphatic rings. The van der Waals surface area contributed by atoms with E-state index in [1.165, 1.54) is 0 Å². The minimum atomic E-state index is -0.898. The standard InChI is InChI=1S/C20H21FN6O/c1-26(20-12-8-16(19(20)21)23-10-12)18-5-4-15(24-25-18)14-3-2-13(9-17(14)28)27-7-6-22-11-27/h2-7,9,11-12,16,19-20,23,28H,8,10H2,1H3/t12-,16-,19-,20-/m1/s1. The van der Waals surface area contributed by atoms with Crippen molar-refractivity contribution in [1.29, 1.82) is 0 Å². The summed E-state index contributed by atoms with van der Waals surface area (Å²) >= 11 is 0. The number of fused-ring (bicyclic) bond motifs is 2. The summed E-state index contributed by atoms with van der Waals surface area (Å²) in [5, 5.41) is 22.2. The summed E-state index contributed by atoms with van der Waals surface area (Å²) in [6.07, 6.45) is 5.13. The zero-order valence-corrected chi connectivity index (χ0v) is 15.4. The lowest BCUT2D eigenvalue weighted by Crippen LogP contribution is -2.51. The van der Waals surface area contributed by atoms with Gasteiger partial charge in [-0.05, 0) is 36.6 Å². The van der Waals surface area contributed by atoms with Crippen LogP contribution < -0.4 is 10.2 Å². The van der Waals surface area contributed by atoms with Gasteiger partial charge in [-0.1, -0.05) is 0 Å². The molecule has 7 nitrogen and oxygen atoms in total. The zero-order chi connectivity index (χ0) is 19.3. The predicted molar refractivity (Wildman–Crippen MR) is 103 cm³/mol. The van der Waals surface area contributed by atoms with Gasteiger partial charge in [-0.25, -0.2) is 9.37 Å². The largest absolute Gasteiger partial charge is 0.507 e. The van der Waals surface area contributed by atoms with Crippen LogP contribution in [0.25, 0.3) is 16.9 Å². The number of hydrogen-bond acceptors (Lipinski definition) is 6. The van der Waals surface area contributed by atoms with E-state index in [-0.39, 0.29) is 17.8 Å². The molecule has 0 radical (unpaired) electrons. The second-order valence-electron chi connectivity index (χ2n) is 7.50. The maximum atomic E-state index is 14.6. The third kappa shape index (κ3) is 2.72. The highest BCUT2D eigenvalue weighted by Gasteiger charge is 2.50. The van der Waals surface area contributed by atoms with Crippen LogP contribution in [0.3, 0.4) is 0 Å². The van der Waals surface area contributed by atoms with E-state index in [0.717, 1.165) is 18.7 Å². The number of hydrogen-bond donors (Lipinski definition) is 2. The van der Waals surface area contributed by atoms with Crippen LogP contribution in [0.4, 0.5) is 10.2 Å². The molecule has 1 aliphatic carbocycles. The molecule has 2 bridgehead atoms. The van der Waals surface area contributed by atoms with E-state index >= 15 is 0 Å². The number of aromatic nitrogens is 4. The van der Waals surface area contributed by atoms with E-state index in [2.05, 4.69) is 20.5 Å². The smallest absolute Gasteiger partial charge is 0.151 e. The molecule has 28 heavy (non-hydrogen) atoms. The quantitative estimate of drug-likeness (QED) is 0.722. The number of imidazole rings is 1. The van der Waals surface area contributed by atoms with Crippen LogP contribution in [0.15, 0.2) is 49.1 Å². The van der Waals surface area contributed by atoms with Gasteiger partial charge in [0.05, 0.1) is 23.8 Å². The van der Waals surface area contributed by atoms with E-state index in [1.54, 1.807) is 24.7 Å². The molecule has 4 atom stereocenters. The van der Waals surface area contributed by atoms with Crippen molar-refractivity contribution in [3.05, 3.63) is 49.1 Å². The molecule has 1 aliphatic heterocycles. The number of phenols is 1. The number of aromatic hydroxyl groups is 1. The van der Waals surface area contributed by atoms with Gasteiger partial charge in [0.15, 0.2) is 5.82 Å². The fourth-order valence-corrected chi connectivity index (χ4v) is 4.45. The second-order valence-corrected chi connectivity index (χ2v) is 7.50. The summed E-state index contributed by atoms with van der Waals surface area (Å²) in [6, 6.07) is 8.77. The zero-order valence-electron chi connectivity index (χ0n) is 15.4. The Morgan fingerprint density at radius 3 is 2.79 bits per heavy atom. The Morgan fingerprint density at radius 2 is 2.14 bits per heavy atom. The minimum Gasteiger partial charge on any atom is -0.507 e. The van der Waals surface area contributed by atoms with Crippen LogP contribution >= 0.6 is 0 Å². The van der Waals surface area contributed by atoms with Crippen molar-refractivity contribution in [3.63, 3.8) is 0 Å². The van der Waals surface area contributed by atoms with Crippen LogP contribution in [0.2, 0.25) is 0 Å². The van der Waals surface area contributed by atoms with Crippen LogP contribution in [0, 0.1) is 5.92 Å². The van der Waals surface area contributed by atoms with Gasteiger partial charge in [-0.15, -0.1) is 10.2 Å². The number of halogens is 1. The minimum absolute atomic E-state index is 0.0457. The number of nitrogens with one attached hydrogen (secondary N) is 1. The monoisotopic (exact) mass is 380 g/mol. The van der Waals surface area contributed by atoms with Gasteiger partial charge in [0.2, 0.25) is 0 Å². The molecule has 3 heterocycles. The molecule has 0 amide bonds. The number of nitrogens with zero attached hydrogens (tertiary/aromatic N) is 5. The van der Waals surface area contributed by atoms with Gasteiger partial charge in [0, 0.05) is 43.7 Å². The Morgan fingerprint density at radius 1 is 1.25 bits per heavy atom. The van der Waals surface area contributed by atoms with Crippen molar-refractivity contribution in [3.8, 4) is 22.7 Å². The number of phenolic OH excluding ortho intramolecular Hbond substituents is 1. The molecular formula is C20H21FN6O. The Hall–Kier alpha value is -3.00. The van der Waals surface area contributed by atoms with E-state index in [0.29, 0.717) is 23.0 Å². The molecule has 5 rings (SSSR count). The lowest BCUT2D eigenvalue weighted by Gasteiger charge is -2.34. The van der Waals surface area contributed by atoms with Crippen LogP contribution in [-0.4, -0.2) is 56.7 Å². The van der Waals surface area contributed by atoms with Crippen molar-refractivity contribution >= 4 is 5.82 Å². The maximum absolute atomic E-state index is 14.6. The second kappa shape index (κ2) is 6.56. The van der Waals surface area contributed by atoms with Crippen molar-refractivity contribution in [2.75, 3.05) is 18.5 Å². The number of rotatable bonds is 4. The van der Waals surface area contributed by atoms with Crippen LogP contribution in [0.1, 0.15) is 6.42 Å². The van der Waals surface area contributed by atoms with E-state index in [4.69, 9.17) is 0 Å². The first-order valence-electron chi connectivity index (χ1n) is 9.37. The van der Waals surface area contributed by atoms with Gasteiger partial charge in [0.25, 0.3) is 0 Å². The average Bonchev–Trinajstić information content (AvgIpc) is 3.45. The molecule has 1 saturated carbocycles. The summed E-state index contributed by atoms with van der Waals surface area (Å²) in [7, 11) is 1.87. The third-order valence-corrected chi connectivity index (χ3v) is 5.91. The molecule has 0 spiro atoms. The summed E-state index contributed by atoms with van der Waals surface area (Å²) in [6.45, 7) is 0.850. The summed E-state index contributed by atoms with van der Waals surface area (Å²) in [5.41, 5.74) is 1.97. The predicted octanol–water partition coefficient (Wildman–Crippen LogP) is 2.17. The molecule has 8 heteroatoms. The Bertz CT molecular complexity index is 975. The van der Waals surface area contributed by atoms with Gasteiger partial charge >= 0.3 is 0 Å². The number of alkyl halides is 1. The fourth-order valence-electron chi connectivity index (χ4n) is 4.45. The van der Waals surface area contributed by atoms with Crippen molar-refractivity contribution in [2.45, 2.75) is 24.7 Å². The fraction of sp³-hybridized carbons (Fsp3) is 0.350. The lowest BCUT2D eigenvalue weighted by atomic mass is 10.0. The molecular weight excluding hydrogens is 359 g/mol. The van der Waals surface area contributed by atoms with E-state index in [9.17, 15) is 9.50 Å². The third-order valence-electron chi connectivity index (χ3n) is 5.91. The highest BCUT2D eigenvalue weighted by atomic mass is 19.1. The number of piperidine rings is 1. The Balaban J connectivity index is 1.38. The average molecular weight is 380 g/mol. The molecule has 2 fully saturated rings. The highest BCUT2D eigenvalue weighted by molar-refractivity contribution is 5.69. The van der Waals surface area contributed by atoms with Gasteiger partial charge in [-0.3, -0.25) is 0 Å². The first-order valence-corrected chi connectivity index (χ1v) is 9.37. The molecule has 0 unspecified atom stereocenters. The molecule has 2 aromatic heterocycles. The van der Waals surface area contributed by atoms with Gasteiger partial charge in [-0.2, -0.15) is 0 Å². The number of anilines is 1. The molecule has 144 valence electrons.